The number of carbonyl (C=O) groups excluding carboxylic acids is 1. The molecule has 0 atom stereocenters. The molecule has 0 radical (unpaired) electrons. The second-order valence-electron chi connectivity index (χ2n) is 7.66. The first-order chi connectivity index (χ1) is 14.5. The number of aromatic nitrogens is 4. The van der Waals surface area contributed by atoms with E-state index in [1.54, 1.807) is 0 Å². The SMILES string of the molecule is C=CCn1c(SCC(=O)Nc2nc(-c3c(C)cc(C)cc3C)cs2)nnc1C1CC1. The predicted octanol–water partition coefficient (Wildman–Crippen LogP) is 5.12. The van der Waals surface area contributed by atoms with Gasteiger partial charge in [-0.1, -0.05) is 35.5 Å². The second kappa shape index (κ2) is 8.73. The standard InChI is InChI=1S/C22H25N5OS2/c1-5-8-27-20(16-6-7-16)25-26-22(27)30-12-18(28)24-21-23-17(11-29-21)19-14(3)9-13(2)10-15(19)4/h5,9-11,16H,1,6-8,12H2,2-4H3,(H,23,24,28). The van der Waals surface area contributed by atoms with E-state index in [2.05, 4.69) is 64.5 Å². The van der Waals surface area contributed by atoms with Crippen LogP contribution in [0, 0.1) is 20.8 Å². The predicted molar refractivity (Wildman–Crippen MR) is 123 cm³/mol. The molecule has 0 bridgehead atoms. The van der Waals surface area contributed by atoms with Crippen LogP contribution < -0.4 is 5.32 Å². The van der Waals surface area contributed by atoms with Crippen molar-refractivity contribution in [3.05, 3.63) is 52.7 Å². The van der Waals surface area contributed by atoms with E-state index in [0.29, 0.717) is 17.6 Å². The van der Waals surface area contributed by atoms with Gasteiger partial charge in [0.05, 0.1) is 11.4 Å². The Hall–Kier alpha value is -2.45. The van der Waals surface area contributed by atoms with Crippen LogP contribution in [0.4, 0.5) is 5.13 Å². The summed E-state index contributed by atoms with van der Waals surface area (Å²) in [5, 5.41) is 14.9. The molecule has 2 aromatic heterocycles. The molecule has 1 N–H and O–H groups in total. The smallest absolute Gasteiger partial charge is 0.236 e. The molecule has 1 fully saturated rings. The quantitative estimate of drug-likeness (QED) is 0.389. The van der Waals surface area contributed by atoms with Crippen molar-refractivity contribution >= 4 is 34.1 Å². The number of thiazole rings is 1. The van der Waals surface area contributed by atoms with Gasteiger partial charge in [0.1, 0.15) is 5.82 Å². The lowest BCUT2D eigenvalue weighted by Crippen LogP contribution is -2.14. The van der Waals surface area contributed by atoms with E-state index in [9.17, 15) is 4.79 Å². The lowest BCUT2D eigenvalue weighted by atomic mass is 9.98. The van der Waals surface area contributed by atoms with Crippen molar-refractivity contribution in [3.8, 4) is 11.3 Å². The van der Waals surface area contributed by atoms with Gasteiger partial charge in [-0.3, -0.25) is 4.79 Å². The lowest BCUT2D eigenvalue weighted by molar-refractivity contribution is -0.113. The molecule has 2 heterocycles. The molecule has 0 aliphatic heterocycles. The third-order valence-electron chi connectivity index (χ3n) is 5.02. The second-order valence-corrected chi connectivity index (χ2v) is 9.46. The summed E-state index contributed by atoms with van der Waals surface area (Å²) in [6.07, 6.45) is 4.16. The maximum Gasteiger partial charge on any atom is 0.236 e. The lowest BCUT2D eigenvalue weighted by Gasteiger charge is -2.09. The van der Waals surface area contributed by atoms with E-state index in [1.165, 1.54) is 39.8 Å². The first-order valence-electron chi connectivity index (χ1n) is 9.96. The zero-order chi connectivity index (χ0) is 21.3. The molecule has 1 saturated carbocycles. The largest absolute Gasteiger partial charge is 0.302 e. The zero-order valence-electron chi connectivity index (χ0n) is 17.4. The maximum absolute atomic E-state index is 12.5. The summed E-state index contributed by atoms with van der Waals surface area (Å²) in [5.41, 5.74) is 5.66. The van der Waals surface area contributed by atoms with Crippen molar-refractivity contribution in [1.82, 2.24) is 19.7 Å². The van der Waals surface area contributed by atoms with Crippen LogP contribution in [0.3, 0.4) is 0 Å². The Bertz CT molecular complexity index is 1070. The number of thioether (sulfide) groups is 1. The third kappa shape index (κ3) is 4.49. The minimum atomic E-state index is -0.0978. The summed E-state index contributed by atoms with van der Waals surface area (Å²) in [6, 6.07) is 4.32. The van der Waals surface area contributed by atoms with Crippen LogP contribution in [0.2, 0.25) is 0 Å². The number of nitrogens with zero attached hydrogens (tertiary/aromatic N) is 4. The third-order valence-corrected chi connectivity index (χ3v) is 6.74. The summed E-state index contributed by atoms with van der Waals surface area (Å²) >= 11 is 2.84. The molecule has 1 aliphatic rings. The van der Waals surface area contributed by atoms with Gasteiger partial charge in [0.15, 0.2) is 10.3 Å². The van der Waals surface area contributed by atoms with Crippen LogP contribution >= 0.6 is 23.1 Å². The highest BCUT2D eigenvalue weighted by Crippen LogP contribution is 2.40. The van der Waals surface area contributed by atoms with Crippen molar-refractivity contribution in [2.45, 2.75) is 51.2 Å². The van der Waals surface area contributed by atoms with Gasteiger partial charge in [-0.2, -0.15) is 0 Å². The number of allylic oxidation sites excluding steroid dienone is 1. The summed E-state index contributed by atoms with van der Waals surface area (Å²) in [5.74, 6) is 1.67. The number of hydrogen-bond donors (Lipinski definition) is 1. The van der Waals surface area contributed by atoms with Gasteiger partial charge in [-0.15, -0.1) is 28.1 Å². The molecule has 1 aliphatic carbocycles. The molecule has 1 aromatic carbocycles. The topological polar surface area (TPSA) is 72.7 Å². The molecule has 0 saturated heterocycles. The normalized spacial score (nSPS) is 13.4. The highest BCUT2D eigenvalue weighted by molar-refractivity contribution is 7.99. The molecule has 8 heteroatoms. The van der Waals surface area contributed by atoms with E-state index in [4.69, 9.17) is 0 Å². The van der Waals surface area contributed by atoms with Gasteiger partial charge in [-0.25, -0.2) is 4.98 Å². The van der Waals surface area contributed by atoms with Crippen molar-refractivity contribution in [3.63, 3.8) is 0 Å². The van der Waals surface area contributed by atoms with E-state index in [-0.39, 0.29) is 11.7 Å². The van der Waals surface area contributed by atoms with Crippen molar-refractivity contribution < 1.29 is 4.79 Å². The first kappa shape index (κ1) is 20.8. The van der Waals surface area contributed by atoms with E-state index in [0.717, 1.165) is 35.1 Å². The highest BCUT2D eigenvalue weighted by Gasteiger charge is 2.30. The molecular weight excluding hydrogens is 414 g/mol. The van der Waals surface area contributed by atoms with Gasteiger partial charge in [0, 0.05) is 23.4 Å². The Kier molecular flexibility index (Phi) is 6.06. The Labute approximate surface area is 184 Å². The number of benzene rings is 1. The Balaban J connectivity index is 1.41. The van der Waals surface area contributed by atoms with Gasteiger partial charge < -0.3 is 9.88 Å². The molecule has 0 spiro atoms. The van der Waals surface area contributed by atoms with Crippen LogP contribution in [0.5, 0.6) is 0 Å². The molecule has 1 amide bonds. The minimum absolute atomic E-state index is 0.0978. The summed E-state index contributed by atoms with van der Waals surface area (Å²) in [7, 11) is 0. The molecular formula is C22H25N5OS2. The minimum Gasteiger partial charge on any atom is -0.302 e. The van der Waals surface area contributed by atoms with Crippen LogP contribution in [0.1, 0.15) is 41.3 Å². The Morgan fingerprint density at radius 1 is 1.30 bits per heavy atom. The number of amides is 1. The van der Waals surface area contributed by atoms with E-state index in [1.807, 2.05) is 11.5 Å². The molecule has 3 aromatic rings. The van der Waals surface area contributed by atoms with E-state index < -0.39 is 0 Å². The zero-order valence-corrected chi connectivity index (χ0v) is 19.1. The fraction of sp³-hybridized carbons (Fsp3) is 0.364. The monoisotopic (exact) mass is 439 g/mol. The molecule has 4 rings (SSSR count). The number of hydrogen-bond acceptors (Lipinski definition) is 6. The van der Waals surface area contributed by atoms with Crippen LogP contribution in [-0.4, -0.2) is 31.4 Å². The van der Waals surface area contributed by atoms with Crippen molar-refractivity contribution in [2.75, 3.05) is 11.1 Å². The Morgan fingerprint density at radius 2 is 2.03 bits per heavy atom. The fourth-order valence-electron chi connectivity index (χ4n) is 3.67. The van der Waals surface area contributed by atoms with Crippen molar-refractivity contribution in [1.29, 1.82) is 0 Å². The maximum atomic E-state index is 12.5. The summed E-state index contributed by atoms with van der Waals surface area (Å²) in [4.78, 5) is 17.1. The Morgan fingerprint density at radius 3 is 2.70 bits per heavy atom. The summed E-state index contributed by atoms with van der Waals surface area (Å²) < 4.78 is 2.06. The summed E-state index contributed by atoms with van der Waals surface area (Å²) in [6.45, 7) is 10.8. The average molecular weight is 440 g/mol. The van der Waals surface area contributed by atoms with Gasteiger partial charge in [-0.05, 0) is 44.7 Å². The molecule has 30 heavy (non-hydrogen) atoms. The highest BCUT2D eigenvalue weighted by atomic mass is 32.2. The number of nitrogens with one attached hydrogen (secondary N) is 1. The molecule has 156 valence electrons. The average Bonchev–Trinajstić information content (AvgIpc) is 3.30. The number of anilines is 1. The first-order valence-corrected chi connectivity index (χ1v) is 11.8. The van der Waals surface area contributed by atoms with E-state index >= 15 is 0 Å². The molecule has 6 nitrogen and oxygen atoms in total. The van der Waals surface area contributed by atoms with Crippen LogP contribution in [-0.2, 0) is 11.3 Å². The van der Waals surface area contributed by atoms with Gasteiger partial charge >= 0.3 is 0 Å². The van der Waals surface area contributed by atoms with Gasteiger partial charge in [0.2, 0.25) is 5.91 Å². The van der Waals surface area contributed by atoms with Crippen molar-refractivity contribution in [2.24, 2.45) is 0 Å². The number of aryl methyl sites for hydroxylation is 3. The fourth-order valence-corrected chi connectivity index (χ4v) is 5.14. The van der Waals surface area contributed by atoms with Gasteiger partial charge in [0.25, 0.3) is 0 Å². The van der Waals surface area contributed by atoms with Crippen LogP contribution in [0.15, 0.2) is 35.3 Å². The number of carbonyl (C=O) groups is 1. The molecule has 0 unspecified atom stereocenters. The van der Waals surface area contributed by atoms with Crippen LogP contribution in [0.25, 0.3) is 11.3 Å². The number of rotatable bonds is 8.